The number of halogens is 2. The molecule has 2 aliphatic carbocycles. The molecule has 2 saturated carbocycles. The summed E-state index contributed by atoms with van der Waals surface area (Å²) in [6.07, 6.45) is 15.3. The summed E-state index contributed by atoms with van der Waals surface area (Å²) in [5.74, 6) is 1.44. The van der Waals surface area contributed by atoms with Crippen LogP contribution in [0.25, 0.3) is 0 Å². The van der Waals surface area contributed by atoms with Gasteiger partial charge < -0.3 is 4.74 Å². The second kappa shape index (κ2) is 9.17. The second-order valence-electron chi connectivity index (χ2n) is 9.15. The molecule has 3 aliphatic rings. The van der Waals surface area contributed by atoms with Crippen molar-refractivity contribution < 1.29 is 13.5 Å². The summed E-state index contributed by atoms with van der Waals surface area (Å²) in [4.78, 5) is 0. The van der Waals surface area contributed by atoms with E-state index in [0.29, 0.717) is 11.8 Å². The van der Waals surface area contributed by atoms with E-state index in [-0.39, 0.29) is 12.0 Å². The lowest BCUT2D eigenvalue weighted by atomic mass is 9.66. The molecule has 1 nitrogen and oxygen atoms in total. The van der Waals surface area contributed by atoms with Gasteiger partial charge in [0.1, 0.15) is 0 Å². The van der Waals surface area contributed by atoms with Gasteiger partial charge >= 0.3 is 6.11 Å². The van der Waals surface area contributed by atoms with Gasteiger partial charge in [0.25, 0.3) is 0 Å². The lowest BCUT2D eigenvalue weighted by molar-refractivity contribution is -0.418. The van der Waals surface area contributed by atoms with Crippen LogP contribution in [0.4, 0.5) is 8.78 Å². The Bertz CT molecular complexity index is 445. The molecule has 0 amide bonds. The monoisotopic (exact) mass is 368 g/mol. The van der Waals surface area contributed by atoms with Crippen molar-refractivity contribution in [1.82, 2.24) is 0 Å². The Morgan fingerprint density at radius 1 is 0.923 bits per heavy atom. The zero-order valence-electron chi connectivity index (χ0n) is 16.8. The van der Waals surface area contributed by atoms with Gasteiger partial charge in [-0.1, -0.05) is 57.6 Å². The van der Waals surface area contributed by atoms with E-state index in [0.717, 1.165) is 44.4 Å². The molecule has 0 bridgehead atoms. The molecule has 0 unspecified atom stereocenters. The van der Waals surface area contributed by atoms with E-state index < -0.39 is 12.0 Å². The van der Waals surface area contributed by atoms with Crippen molar-refractivity contribution >= 4 is 0 Å². The van der Waals surface area contributed by atoms with Crippen molar-refractivity contribution in [2.75, 3.05) is 0 Å². The molecule has 0 aromatic carbocycles. The predicted octanol–water partition coefficient (Wildman–Crippen LogP) is 7.36. The normalized spacial score (nSPS) is 40.5. The summed E-state index contributed by atoms with van der Waals surface area (Å²) in [5.41, 5.74) is 0. The van der Waals surface area contributed by atoms with Gasteiger partial charge in [0.15, 0.2) is 0 Å². The maximum Gasteiger partial charge on any atom is 0.361 e. The average Bonchev–Trinajstić information content (AvgIpc) is 2.63. The number of hydrogen-bond donors (Lipinski definition) is 0. The fourth-order valence-corrected chi connectivity index (χ4v) is 5.84. The third-order valence-electron chi connectivity index (χ3n) is 7.40. The third-order valence-corrected chi connectivity index (χ3v) is 7.40. The summed E-state index contributed by atoms with van der Waals surface area (Å²) in [7, 11) is 0. The molecule has 0 N–H and O–H groups in total. The third kappa shape index (κ3) is 4.69. The molecule has 26 heavy (non-hydrogen) atoms. The minimum atomic E-state index is -2.87. The molecule has 3 heteroatoms. The van der Waals surface area contributed by atoms with Crippen LogP contribution in [-0.2, 0) is 4.74 Å². The summed E-state index contributed by atoms with van der Waals surface area (Å²) >= 11 is 0. The Morgan fingerprint density at radius 2 is 1.58 bits per heavy atom. The molecule has 3 rings (SSSR count). The smallest absolute Gasteiger partial charge is 0.316 e. The minimum absolute atomic E-state index is 0.160. The molecule has 1 saturated heterocycles. The van der Waals surface area contributed by atoms with Crippen LogP contribution >= 0.6 is 0 Å². The van der Waals surface area contributed by atoms with E-state index in [9.17, 15) is 8.78 Å². The lowest BCUT2D eigenvalue weighted by Crippen LogP contribution is -2.61. The standard InChI is InChI=1S/C23H38F2O/c1-3-5-6-8-18-11-15-20(16-12-18)22-21(23(24,25)26-22)19-13-9-17(7-4-2)10-14-19/h4,7,17-22H,3,5-6,8-16H2,1-2H3/b7-4+/t17?,18?,19?,20?,21-,22-/m0/s1. The van der Waals surface area contributed by atoms with Crippen molar-refractivity contribution in [1.29, 1.82) is 0 Å². The Kier molecular flexibility index (Phi) is 7.16. The van der Waals surface area contributed by atoms with Gasteiger partial charge in [-0.15, -0.1) is 0 Å². The summed E-state index contributed by atoms with van der Waals surface area (Å²) < 4.78 is 33.8. The second-order valence-corrected chi connectivity index (χ2v) is 9.15. The van der Waals surface area contributed by atoms with Gasteiger partial charge in [-0.25, -0.2) is 0 Å². The van der Waals surface area contributed by atoms with Crippen LogP contribution in [0, 0.1) is 29.6 Å². The Hall–Kier alpha value is -0.440. The van der Waals surface area contributed by atoms with Crippen molar-refractivity contribution in [3.05, 3.63) is 12.2 Å². The quantitative estimate of drug-likeness (QED) is 0.337. The molecular formula is C23H38F2O. The highest BCUT2D eigenvalue weighted by atomic mass is 19.3. The topological polar surface area (TPSA) is 9.23 Å². The Labute approximate surface area is 159 Å². The van der Waals surface area contributed by atoms with Crippen LogP contribution in [0.15, 0.2) is 12.2 Å². The van der Waals surface area contributed by atoms with Crippen LogP contribution in [0.1, 0.15) is 90.9 Å². The van der Waals surface area contributed by atoms with Crippen LogP contribution in [0.2, 0.25) is 0 Å². The van der Waals surface area contributed by atoms with Crippen molar-refractivity contribution in [2.45, 2.75) is 103 Å². The van der Waals surface area contributed by atoms with E-state index in [1.807, 2.05) is 0 Å². The first-order valence-electron chi connectivity index (χ1n) is 11.2. The molecule has 1 heterocycles. The van der Waals surface area contributed by atoms with E-state index in [1.54, 1.807) is 0 Å². The number of rotatable bonds is 7. The molecule has 3 fully saturated rings. The van der Waals surface area contributed by atoms with Gasteiger partial charge in [0.05, 0.1) is 12.0 Å². The largest absolute Gasteiger partial charge is 0.361 e. The van der Waals surface area contributed by atoms with Crippen molar-refractivity contribution in [2.24, 2.45) is 29.6 Å². The SMILES string of the molecule is C/C=C/C1CCC([C@H]2[C@H](C3CCC(CCCCC)CC3)OC2(F)F)CC1. The number of hydrogen-bond acceptors (Lipinski definition) is 1. The molecule has 0 radical (unpaired) electrons. The molecule has 2 atom stereocenters. The first-order chi connectivity index (χ1) is 12.5. The minimum Gasteiger partial charge on any atom is -0.316 e. The van der Waals surface area contributed by atoms with E-state index >= 15 is 0 Å². The first kappa shape index (κ1) is 20.3. The molecule has 0 aromatic heterocycles. The fraction of sp³-hybridized carbons (Fsp3) is 0.913. The summed E-state index contributed by atoms with van der Waals surface area (Å²) in [5, 5.41) is 0. The van der Waals surface area contributed by atoms with Crippen LogP contribution < -0.4 is 0 Å². The van der Waals surface area contributed by atoms with Crippen molar-refractivity contribution in [3.8, 4) is 0 Å². The van der Waals surface area contributed by atoms with Gasteiger partial charge in [-0.3, -0.25) is 0 Å². The first-order valence-corrected chi connectivity index (χ1v) is 11.2. The zero-order chi connectivity index (χ0) is 18.6. The number of alkyl halides is 2. The van der Waals surface area contributed by atoms with E-state index in [4.69, 9.17) is 4.74 Å². The summed E-state index contributed by atoms with van der Waals surface area (Å²) in [6.45, 7) is 4.30. The van der Waals surface area contributed by atoms with Crippen molar-refractivity contribution in [3.63, 3.8) is 0 Å². The van der Waals surface area contributed by atoms with Crippen LogP contribution in [0.3, 0.4) is 0 Å². The fourth-order valence-electron chi connectivity index (χ4n) is 5.84. The summed E-state index contributed by atoms with van der Waals surface area (Å²) in [6, 6.07) is 0. The van der Waals surface area contributed by atoms with E-state index in [1.165, 1.54) is 38.5 Å². The molecule has 150 valence electrons. The average molecular weight is 369 g/mol. The van der Waals surface area contributed by atoms with Crippen LogP contribution in [-0.4, -0.2) is 12.2 Å². The molecule has 0 spiro atoms. The predicted molar refractivity (Wildman–Crippen MR) is 103 cm³/mol. The lowest BCUT2D eigenvalue weighted by Gasteiger charge is -2.53. The highest BCUT2D eigenvalue weighted by Gasteiger charge is 2.62. The van der Waals surface area contributed by atoms with E-state index in [2.05, 4.69) is 26.0 Å². The Balaban J connectivity index is 1.49. The highest BCUT2D eigenvalue weighted by molar-refractivity contribution is 4.99. The van der Waals surface area contributed by atoms with Gasteiger partial charge in [0.2, 0.25) is 0 Å². The number of ether oxygens (including phenoxy) is 1. The molecule has 0 aromatic rings. The van der Waals surface area contributed by atoms with Crippen LogP contribution in [0.5, 0.6) is 0 Å². The van der Waals surface area contributed by atoms with Gasteiger partial charge in [-0.2, -0.15) is 8.78 Å². The highest BCUT2D eigenvalue weighted by Crippen LogP contribution is 2.55. The maximum atomic E-state index is 14.3. The van der Waals surface area contributed by atoms with Gasteiger partial charge in [0, 0.05) is 0 Å². The number of unbranched alkanes of at least 4 members (excludes halogenated alkanes) is 2. The zero-order valence-corrected chi connectivity index (χ0v) is 16.8. The van der Waals surface area contributed by atoms with Gasteiger partial charge in [-0.05, 0) is 69.1 Å². The molecule has 1 aliphatic heterocycles. The Morgan fingerprint density at radius 3 is 2.15 bits per heavy atom. The molecular weight excluding hydrogens is 330 g/mol. The number of allylic oxidation sites excluding steroid dienone is 2. The maximum absolute atomic E-state index is 14.3.